The molecular formula is C30H30O2. The van der Waals surface area contributed by atoms with E-state index in [1.165, 1.54) is 33.4 Å². The Morgan fingerprint density at radius 3 is 1.25 bits per heavy atom. The molecule has 0 aromatic heterocycles. The van der Waals surface area contributed by atoms with Gasteiger partial charge in [0.25, 0.3) is 0 Å². The quantitative estimate of drug-likeness (QED) is 0.290. The molecule has 3 aliphatic rings. The van der Waals surface area contributed by atoms with E-state index in [2.05, 4.69) is 77.9 Å². The normalized spacial score (nSPS) is 18.6. The van der Waals surface area contributed by atoms with Crippen LogP contribution in [0.5, 0.6) is 0 Å². The van der Waals surface area contributed by atoms with Crippen molar-refractivity contribution in [1.29, 1.82) is 0 Å². The summed E-state index contributed by atoms with van der Waals surface area (Å²) in [4.78, 5) is 24.2. The molecule has 0 aliphatic heterocycles. The van der Waals surface area contributed by atoms with Gasteiger partial charge in [-0.05, 0) is 55.3 Å². The van der Waals surface area contributed by atoms with E-state index in [-0.39, 0.29) is 22.7 Å². The highest BCUT2D eigenvalue weighted by molar-refractivity contribution is 5.89. The van der Waals surface area contributed by atoms with Crippen molar-refractivity contribution in [1.82, 2.24) is 0 Å². The third kappa shape index (κ3) is 2.85. The first-order valence-corrected chi connectivity index (χ1v) is 11.4. The summed E-state index contributed by atoms with van der Waals surface area (Å²) in [5, 5.41) is 0. The highest BCUT2D eigenvalue weighted by Gasteiger charge is 2.44. The van der Waals surface area contributed by atoms with E-state index in [4.69, 9.17) is 0 Å². The first-order valence-electron chi connectivity index (χ1n) is 11.4. The van der Waals surface area contributed by atoms with Gasteiger partial charge in [-0.1, -0.05) is 90.1 Å². The van der Waals surface area contributed by atoms with Crippen molar-refractivity contribution in [3.05, 3.63) is 104 Å². The highest BCUT2D eigenvalue weighted by Crippen LogP contribution is 2.58. The second-order valence-electron chi connectivity index (χ2n) is 11.4. The van der Waals surface area contributed by atoms with Crippen LogP contribution in [0.3, 0.4) is 0 Å². The smallest absolute Gasteiger partial charge is 0.150 e. The van der Waals surface area contributed by atoms with Crippen LogP contribution in [0.2, 0.25) is 0 Å². The number of carbonyl (C=O) groups is 2. The third-order valence-corrected chi connectivity index (χ3v) is 7.34. The molecule has 32 heavy (non-hydrogen) atoms. The number of carbonyl (C=O) groups excluding carboxylic acids is 2. The predicted octanol–water partition coefficient (Wildman–Crippen LogP) is 6.89. The molecule has 3 aromatic carbocycles. The molecule has 6 rings (SSSR count). The number of hydrogen-bond acceptors (Lipinski definition) is 2. The van der Waals surface area contributed by atoms with Crippen molar-refractivity contribution in [3.63, 3.8) is 0 Å². The van der Waals surface area contributed by atoms with Crippen LogP contribution in [0.25, 0.3) is 0 Å². The second-order valence-corrected chi connectivity index (χ2v) is 11.4. The van der Waals surface area contributed by atoms with Gasteiger partial charge in [-0.2, -0.15) is 0 Å². The average molecular weight is 423 g/mol. The summed E-state index contributed by atoms with van der Waals surface area (Å²) >= 11 is 0. The monoisotopic (exact) mass is 422 g/mol. The summed E-state index contributed by atoms with van der Waals surface area (Å²) in [5.74, 6) is -0.0622. The molecule has 3 aliphatic carbocycles. The Morgan fingerprint density at radius 2 is 0.938 bits per heavy atom. The zero-order valence-electron chi connectivity index (χ0n) is 19.7. The molecular weight excluding hydrogens is 392 g/mol. The molecule has 2 atom stereocenters. The van der Waals surface area contributed by atoms with Crippen molar-refractivity contribution in [3.8, 4) is 0 Å². The van der Waals surface area contributed by atoms with Gasteiger partial charge in [-0.3, -0.25) is 9.59 Å². The molecule has 2 bridgehead atoms. The molecule has 162 valence electrons. The Morgan fingerprint density at radius 1 is 0.562 bits per heavy atom. The number of rotatable bonds is 2. The molecule has 2 unspecified atom stereocenters. The highest BCUT2D eigenvalue weighted by atomic mass is 16.1. The largest absolute Gasteiger partial charge is 0.298 e. The Balaban J connectivity index is 1.88. The average Bonchev–Trinajstić information content (AvgIpc) is 2.75. The molecule has 0 radical (unpaired) electrons. The third-order valence-electron chi connectivity index (χ3n) is 7.34. The van der Waals surface area contributed by atoms with Crippen LogP contribution in [0, 0.1) is 0 Å². The molecule has 0 saturated heterocycles. The zero-order valence-corrected chi connectivity index (χ0v) is 19.7. The molecule has 2 heteroatoms. The second kappa shape index (κ2) is 6.75. The lowest BCUT2D eigenvalue weighted by Crippen LogP contribution is -2.31. The van der Waals surface area contributed by atoms with Gasteiger partial charge in [-0.15, -0.1) is 0 Å². The Bertz CT molecular complexity index is 1180. The molecule has 0 saturated carbocycles. The minimum atomic E-state index is -0.0311. The van der Waals surface area contributed by atoms with E-state index < -0.39 is 0 Å². The summed E-state index contributed by atoms with van der Waals surface area (Å²) in [6.45, 7) is 13.4. The molecule has 0 amide bonds. The number of hydrogen-bond donors (Lipinski definition) is 0. The van der Waals surface area contributed by atoms with Crippen LogP contribution in [0.4, 0.5) is 0 Å². The SMILES string of the molecule is CC(C)(C)c1ccc2c(c1)C1c3ccc(C(C)(C)C)cc3C2c2c(C=O)ccc(C=O)c21. The van der Waals surface area contributed by atoms with E-state index in [9.17, 15) is 9.59 Å². The van der Waals surface area contributed by atoms with Crippen LogP contribution >= 0.6 is 0 Å². The lowest BCUT2D eigenvalue weighted by atomic mass is 9.58. The molecule has 0 heterocycles. The predicted molar refractivity (Wildman–Crippen MR) is 129 cm³/mol. The Hall–Kier alpha value is -3.00. The minimum Gasteiger partial charge on any atom is -0.298 e. The lowest BCUT2D eigenvalue weighted by molar-refractivity contribution is 0.111. The maximum absolute atomic E-state index is 12.1. The van der Waals surface area contributed by atoms with Crippen LogP contribution in [-0.2, 0) is 10.8 Å². The molecule has 0 spiro atoms. The van der Waals surface area contributed by atoms with E-state index in [1.807, 2.05) is 12.1 Å². The fourth-order valence-corrected chi connectivity index (χ4v) is 5.59. The fourth-order valence-electron chi connectivity index (χ4n) is 5.59. The van der Waals surface area contributed by atoms with E-state index in [0.29, 0.717) is 11.1 Å². The van der Waals surface area contributed by atoms with Crippen molar-refractivity contribution < 1.29 is 9.59 Å². The molecule has 3 aromatic rings. The summed E-state index contributed by atoms with van der Waals surface area (Å²) in [6.07, 6.45) is 1.90. The van der Waals surface area contributed by atoms with Crippen LogP contribution in [-0.4, -0.2) is 12.6 Å². The fraction of sp³-hybridized carbons (Fsp3) is 0.333. The Labute approximate surface area is 190 Å². The number of aldehydes is 2. The van der Waals surface area contributed by atoms with Crippen LogP contribution in [0.15, 0.2) is 48.5 Å². The molecule has 0 fully saturated rings. The first-order chi connectivity index (χ1) is 15.1. The topological polar surface area (TPSA) is 34.1 Å². The van der Waals surface area contributed by atoms with E-state index >= 15 is 0 Å². The van der Waals surface area contributed by atoms with Crippen molar-refractivity contribution in [2.45, 2.75) is 64.2 Å². The number of benzene rings is 3. The van der Waals surface area contributed by atoms with Gasteiger partial charge in [0.15, 0.2) is 0 Å². The van der Waals surface area contributed by atoms with Gasteiger partial charge < -0.3 is 0 Å². The van der Waals surface area contributed by atoms with Crippen molar-refractivity contribution >= 4 is 12.6 Å². The van der Waals surface area contributed by atoms with Crippen LogP contribution in [0.1, 0.15) is 119 Å². The zero-order chi connectivity index (χ0) is 23.0. The molecule has 2 nitrogen and oxygen atoms in total. The maximum atomic E-state index is 12.1. The van der Waals surface area contributed by atoms with Gasteiger partial charge in [-0.25, -0.2) is 0 Å². The standard InChI is InChI=1S/C30H30O2/c1-29(2,3)19-9-11-21-23(13-19)27-22-12-10-20(30(4,5)6)14-24(22)28(21)26-18(16-32)8-7-17(15-31)25(26)27/h7-16,27-28H,1-6H3. The van der Waals surface area contributed by atoms with Gasteiger partial charge in [0.05, 0.1) is 0 Å². The molecule has 0 N–H and O–H groups in total. The van der Waals surface area contributed by atoms with Crippen LogP contribution < -0.4 is 0 Å². The summed E-state index contributed by atoms with van der Waals surface area (Å²) < 4.78 is 0. The summed E-state index contributed by atoms with van der Waals surface area (Å²) in [5.41, 5.74) is 11.1. The summed E-state index contributed by atoms with van der Waals surface area (Å²) in [7, 11) is 0. The lowest BCUT2D eigenvalue weighted by Gasteiger charge is -2.44. The maximum Gasteiger partial charge on any atom is 0.150 e. The van der Waals surface area contributed by atoms with Crippen molar-refractivity contribution in [2.24, 2.45) is 0 Å². The van der Waals surface area contributed by atoms with E-state index in [1.54, 1.807) is 0 Å². The van der Waals surface area contributed by atoms with Gasteiger partial charge in [0.2, 0.25) is 0 Å². The first kappa shape index (κ1) is 20.9. The van der Waals surface area contributed by atoms with Gasteiger partial charge >= 0.3 is 0 Å². The van der Waals surface area contributed by atoms with Crippen molar-refractivity contribution in [2.75, 3.05) is 0 Å². The van der Waals surface area contributed by atoms with Gasteiger partial charge in [0, 0.05) is 23.0 Å². The Kier molecular flexibility index (Phi) is 4.40. The van der Waals surface area contributed by atoms with Gasteiger partial charge in [0.1, 0.15) is 12.6 Å². The summed E-state index contributed by atoms with van der Waals surface area (Å²) in [6, 6.07) is 17.3. The minimum absolute atomic E-state index is 0.0311. The van der Waals surface area contributed by atoms with E-state index in [0.717, 1.165) is 23.7 Å².